The second-order valence-electron chi connectivity index (χ2n) is 17.2. The van der Waals surface area contributed by atoms with Crippen LogP contribution in [0.2, 0.25) is 0 Å². The Kier molecular flexibility index (Phi) is 8.89. The van der Waals surface area contributed by atoms with E-state index in [0.29, 0.717) is 0 Å². The Balaban J connectivity index is 0.874. The lowest BCUT2D eigenvalue weighted by molar-refractivity contribution is 0.669. The zero-order valence-corrected chi connectivity index (χ0v) is 36.0. The molecule has 0 aliphatic rings. The van der Waals surface area contributed by atoms with Gasteiger partial charge in [-0.2, -0.15) is 0 Å². The molecular weight excluding hydrogens is 799 g/mol. The summed E-state index contributed by atoms with van der Waals surface area (Å²) in [6.07, 6.45) is 0. The van der Waals surface area contributed by atoms with Gasteiger partial charge in [0, 0.05) is 27.8 Å². The summed E-state index contributed by atoms with van der Waals surface area (Å²) in [6, 6.07) is 90.3. The Hall–Kier alpha value is -8.72. The molecule has 0 unspecified atom stereocenters. The molecule has 0 aliphatic carbocycles. The number of anilines is 3. The maximum Gasteiger partial charge on any atom is 0.136 e. The summed E-state index contributed by atoms with van der Waals surface area (Å²) < 4.78 is 6.27. The van der Waals surface area contributed by atoms with Crippen molar-refractivity contribution in [3.05, 3.63) is 249 Å². The van der Waals surface area contributed by atoms with E-state index in [1.54, 1.807) is 0 Å². The normalized spacial score (nSPS) is 11.6. The van der Waals surface area contributed by atoms with Gasteiger partial charge in [0.2, 0.25) is 0 Å². The first-order valence-electron chi connectivity index (χ1n) is 22.6. The quantitative estimate of drug-likeness (QED) is 0.149. The zero-order chi connectivity index (χ0) is 43.6. The van der Waals surface area contributed by atoms with E-state index in [0.717, 1.165) is 50.1 Å². The Morgan fingerprint density at radius 2 is 0.727 bits per heavy atom. The molecular formula is C64H41NO. The van der Waals surface area contributed by atoms with Gasteiger partial charge in [-0.25, -0.2) is 0 Å². The first kappa shape index (κ1) is 37.8. The molecule has 0 bridgehead atoms. The summed E-state index contributed by atoms with van der Waals surface area (Å²) in [4.78, 5) is 2.37. The lowest BCUT2D eigenvalue weighted by Gasteiger charge is -2.26. The largest absolute Gasteiger partial charge is 0.456 e. The summed E-state index contributed by atoms with van der Waals surface area (Å²) in [5, 5.41) is 12.4. The van der Waals surface area contributed by atoms with E-state index in [-0.39, 0.29) is 0 Å². The van der Waals surface area contributed by atoms with E-state index in [4.69, 9.17) is 4.42 Å². The number of fused-ring (bicyclic) bond motifs is 9. The van der Waals surface area contributed by atoms with Crippen molar-refractivity contribution in [2.75, 3.05) is 4.90 Å². The van der Waals surface area contributed by atoms with E-state index in [9.17, 15) is 0 Å². The lowest BCUT2D eigenvalue weighted by atomic mass is 9.93. The second-order valence-corrected chi connectivity index (χ2v) is 17.2. The van der Waals surface area contributed by atoms with Gasteiger partial charge in [-0.1, -0.05) is 194 Å². The van der Waals surface area contributed by atoms with Crippen molar-refractivity contribution in [3.63, 3.8) is 0 Å². The van der Waals surface area contributed by atoms with Crippen LogP contribution in [0.25, 0.3) is 110 Å². The van der Waals surface area contributed by atoms with Crippen LogP contribution in [-0.2, 0) is 0 Å². The number of benzene rings is 12. The SMILES string of the molecule is c1cc(-c2ccc3c(ccc4ccccc43)c2)cc(N(c2ccc(-c3ccc(-c4cccc5c4ccc4ccccc45)cc3)cc2)c2ccc(-c3cccc4oc5ccccc5c34)cc2)c1. The van der Waals surface area contributed by atoms with Crippen LogP contribution < -0.4 is 4.90 Å². The molecule has 0 fully saturated rings. The zero-order valence-electron chi connectivity index (χ0n) is 36.0. The standard InChI is InChI=1S/C64H41NO/c1-3-14-54-44(10-1)26-27-50-40-49(33-38-57(50)54)48-12-7-13-53(41-48)65(52-36-30-47(31-37-52)58-18-9-21-63-64(58)61-16-5-6-20-62(61)66-63)51-34-28-43(29-35-51)42-22-24-46(25-23-42)56-17-8-19-59-55-15-4-2-11-45(55)32-39-60(56)59/h1-41H. The molecule has 13 rings (SSSR count). The molecule has 1 aromatic heterocycles. The van der Waals surface area contributed by atoms with Crippen LogP contribution in [0.3, 0.4) is 0 Å². The van der Waals surface area contributed by atoms with Crippen molar-refractivity contribution in [2.24, 2.45) is 0 Å². The number of rotatable bonds is 7. The molecule has 0 spiro atoms. The van der Waals surface area contributed by atoms with E-state index in [2.05, 4.69) is 241 Å². The van der Waals surface area contributed by atoms with Gasteiger partial charge in [-0.3, -0.25) is 0 Å². The minimum absolute atomic E-state index is 0.898. The Morgan fingerprint density at radius 3 is 1.50 bits per heavy atom. The predicted octanol–water partition coefficient (Wildman–Crippen LogP) is 18.3. The van der Waals surface area contributed by atoms with Gasteiger partial charge in [0.15, 0.2) is 0 Å². The van der Waals surface area contributed by atoms with Crippen molar-refractivity contribution in [1.29, 1.82) is 0 Å². The fourth-order valence-corrected chi connectivity index (χ4v) is 10.2. The summed E-state index contributed by atoms with van der Waals surface area (Å²) in [5.74, 6) is 0. The highest BCUT2D eigenvalue weighted by molar-refractivity contribution is 6.14. The molecule has 0 amide bonds. The van der Waals surface area contributed by atoms with Crippen LogP contribution in [0.15, 0.2) is 253 Å². The maximum absolute atomic E-state index is 6.27. The van der Waals surface area contributed by atoms with Gasteiger partial charge in [-0.05, 0) is 142 Å². The molecule has 0 aliphatic heterocycles. The Bertz CT molecular complexity index is 3970. The summed E-state index contributed by atoms with van der Waals surface area (Å²) in [6.45, 7) is 0. The molecule has 2 heteroatoms. The fraction of sp³-hybridized carbons (Fsp3) is 0. The summed E-state index contributed by atoms with van der Waals surface area (Å²) in [5.41, 5.74) is 14.5. The predicted molar refractivity (Wildman–Crippen MR) is 280 cm³/mol. The smallest absolute Gasteiger partial charge is 0.136 e. The van der Waals surface area contributed by atoms with E-state index < -0.39 is 0 Å². The molecule has 1 heterocycles. The maximum atomic E-state index is 6.27. The number of hydrogen-bond acceptors (Lipinski definition) is 2. The first-order chi connectivity index (χ1) is 32.7. The van der Waals surface area contributed by atoms with Gasteiger partial charge >= 0.3 is 0 Å². The Morgan fingerprint density at radius 1 is 0.242 bits per heavy atom. The van der Waals surface area contributed by atoms with Crippen molar-refractivity contribution < 1.29 is 4.42 Å². The highest BCUT2D eigenvalue weighted by atomic mass is 16.3. The van der Waals surface area contributed by atoms with Gasteiger partial charge in [0.1, 0.15) is 11.2 Å². The van der Waals surface area contributed by atoms with Crippen LogP contribution in [-0.4, -0.2) is 0 Å². The third kappa shape index (κ3) is 6.42. The first-order valence-corrected chi connectivity index (χ1v) is 22.6. The highest BCUT2D eigenvalue weighted by Crippen LogP contribution is 2.42. The average molecular weight is 840 g/mol. The summed E-state index contributed by atoms with van der Waals surface area (Å²) in [7, 11) is 0. The van der Waals surface area contributed by atoms with Crippen molar-refractivity contribution in [2.45, 2.75) is 0 Å². The molecule has 2 nitrogen and oxygen atoms in total. The third-order valence-corrected chi connectivity index (χ3v) is 13.5. The molecule has 0 atom stereocenters. The molecule has 0 radical (unpaired) electrons. The number of furan rings is 1. The van der Waals surface area contributed by atoms with E-state index in [1.807, 2.05) is 12.1 Å². The number of hydrogen-bond donors (Lipinski definition) is 0. The Labute approximate surface area is 382 Å². The lowest BCUT2D eigenvalue weighted by Crippen LogP contribution is -2.10. The van der Waals surface area contributed by atoms with Crippen molar-refractivity contribution in [1.82, 2.24) is 0 Å². The topological polar surface area (TPSA) is 16.4 Å². The van der Waals surface area contributed by atoms with Crippen LogP contribution in [0.1, 0.15) is 0 Å². The molecule has 0 saturated heterocycles. The third-order valence-electron chi connectivity index (χ3n) is 13.5. The van der Waals surface area contributed by atoms with Crippen molar-refractivity contribution >= 4 is 82.1 Å². The highest BCUT2D eigenvalue weighted by Gasteiger charge is 2.17. The number of nitrogens with zero attached hydrogens (tertiary/aromatic N) is 1. The minimum Gasteiger partial charge on any atom is -0.456 e. The van der Waals surface area contributed by atoms with Crippen LogP contribution in [0, 0.1) is 0 Å². The average Bonchev–Trinajstić information content (AvgIpc) is 3.78. The molecule has 0 saturated carbocycles. The van der Waals surface area contributed by atoms with Crippen LogP contribution in [0.5, 0.6) is 0 Å². The van der Waals surface area contributed by atoms with Gasteiger partial charge in [0.05, 0.1) is 0 Å². The van der Waals surface area contributed by atoms with Gasteiger partial charge < -0.3 is 9.32 Å². The van der Waals surface area contributed by atoms with E-state index >= 15 is 0 Å². The summed E-state index contributed by atoms with van der Waals surface area (Å²) >= 11 is 0. The van der Waals surface area contributed by atoms with E-state index in [1.165, 1.54) is 76.5 Å². The second kappa shape index (κ2) is 15.5. The molecule has 308 valence electrons. The molecule has 13 aromatic rings. The molecule has 0 N–H and O–H groups in total. The molecule has 12 aromatic carbocycles. The van der Waals surface area contributed by atoms with Gasteiger partial charge in [0.25, 0.3) is 0 Å². The fourth-order valence-electron chi connectivity index (χ4n) is 10.2. The molecule has 66 heavy (non-hydrogen) atoms. The minimum atomic E-state index is 0.898. The van der Waals surface area contributed by atoms with Crippen LogP contribution in [0.4, 0.5) is 17.1 Å². The monoisotopic (exact) mass is 839 g/mol. The van der Waals surface area contributed by atoms with Crippen LogP contribution >= 0.6 is 0 Å². The number of para-hydroxylation sites is 1. The van der Waals surface area contributed by atoms with Gasteiger partial charge in [-0.15, -0.1) is 0 Å². The van der Waals surface area contributed by atoms with Crippen molar-refractivity contribution in [3.8, 4) is 44.5 Å².